The van der Waals surface area contributed by atoms with E-state index in [0.717, 1.165) is 16.5 Å². The molecule has 2 rings (SSSR count). The molecular weight excluding hydrogens is 208 g/mol. The predicted molar refractivity (Wildman–Crippen MR) is 74.6 cm³/mol. The largest absolute Gasteiger partial charge is 0.384 e. The van der Waals surface area contributed by atoms with E-state index in [9.17, 15) is 0 Å². The van der Waals surface area contributed by atoms with Gasteiger partial charge in [-0.2, -0.15) is 0 Å². The molecule has 17 heavy (non-hydrogen) atoms. The Balaban J connectivity index is 2.57. The monoisotopic (exact) mass is 226 g/mol. The van der Waals surface area contributed by atoms with E-state index in [-0.39, 0.29) is 5.41 Å². The van der Waals surface area contributed by atoms with Crippen LogP contribution in [0.1, 0.15) is 26.5 Å². The second kappa shape index (κ2) is 4.21. The van der Waals surface area contributed by atoms with Gasteiger partial charge in [-0.3, -0.25) is 0 Å². The molecule has 0 aliphatic carbocycles. The maximum absolute atomic E-state index is 5.82. The molecule has 0 unspecified atom stereocenters. The van der Waals surface area contributed by atoms with E-state index >= 15 is 0 Å². The number of nitrogens with two attached hydrogens (primary N) is 1. The number of anilines is 1. The second-order valence-electron chi connectivity index (χ2n) is 5.35. The molecule has 1 aromatic heterocycles. The molecule has 0 bridgehead atoms. The zero-order chi connectivity index (χ0) is 12.5. The summed E-state index contributed by atoms with van der Waals surface area (Å²) in [6.45, 7) is 6.49. The van der Waals surface area contributed by atoms with Crippen molar-refractivity contribution < 1.29 is 0 Å². The zero-order valence-electron chi connectivity index (χ0n) is 10.6. The quantitative estimate of drug-likeness (QED) is 0.801. The van der Waals surface area contributed by atoms with Crippen molar-refractivity contribution >= 4 is 22.7 Å². The highest BCUT2D eigenvalue weighted by Gasteiger charge is 2.06. The average Bonchev–Trinajstić information content (AvgIpc) is 2.24. The highest BCUT2D eigenvalue weighted by molar-refractivity contribution is 5.90. The van der Waals surface area contributed by atoms with E-state index in [0.29, 0.717) is 5.82 Å². The van der Waals surface area contributed by atoms with Crippen LogP contribution in [0.15, 0.2) is 36.4 Å². The van der Waals surface area contributed by atoms with E-state index in [1.54, 1.807) is 0 Å². The van der Waals surface area contributed by atoms with Crippen LogP contribution in [0.2, 0.25) is 0 Å². The number of rotatable bonds is 1. The average molecular weight is 226 g/mol. The summed E-state index contributed by atoms with van der Waals surface area (Å²) in [6.07, 6.45) is 4.21. The van der Waals surface area contributed by atoms with Crippen LogP contribution in [-0.4, -0.2) is 4.98 Å². The Kier molecular flexibility index (Phi) is 2.88. The summed E-state index contributed by atoms with van der Waals surface area (Å²) in [6, 6.07) is 10.1. The standard InChI is InChI=1S/C15H18N2/c1-15(2,3)9-8-13-12-7-5-4-6-11(12)10-14(16)17-13/h4-10H,1-3H3,(H2,16,17)/b9-8+. The highest BCUT2D eigenvalue weighted by Crippen LogP contribution is 2.23. The van der Waals surface area contributed by atoms with Gasteiger partial charge in [0.15, 0.2) is 0 Å². The molecule has 2 aromatic rings. The van der Waals surface area contributed by atoms with Gasteiger partial charge in [-0.25, -0.2) is 4.98 Å². The fourth-order valence-electron chi connectivity index (χ4n) is 1.70. The van der Waals surface area contributed by atoms with Crippen molar-refractivity contribution in [3.8, 4) is 0 Å². The normalized spacial score (nSPS) is 12.4. The van der Waals surface area contributed by atoms with Crippen molar-refractivity contribution in [2.45, 2.75) is 20.8 Å². The topological polar surface area (TPSA) is 38.9 Å². The molecule has 0 spiro atoms. The summed E-state index contributed by atoms with van der Waals surface area (Å²) in [4.78, 5) is 4.40. The fourth-order valence-corrected chi connectivity index (χ4v) is 1.70. The number of benzene rings is 1. The molecule has 0 amide bonds. The Morgan fingerprint density at radius 1 is 1.18 bits per heavy atom. The van der Waals surface area contributed by atoms with Crippen molar-refractivity contribution in [3.05, 3.63) is 42.1 Å². The van der Waals surface area contributed by atoms with Crippen LogP contribution in [0, 0.1) is 5.41 Å². The fraction of sp³-hybridized carbons (Fsp3) is 0.267. The molecule has 0 fully saturated rings. The molecular formula is C15H18N2. The van der Waals surface area contributed by atoms with Crippen LogP contribution in [0.4, 0.5) is 5.82 Å². The van der Waals surface area contributed by atoms with Crippen molar-refractivity contribution in [2.24, 2.45) is 5.41 Å². The van der Waals surface area contributed by atoms with Crippen molar-refractivity contribution in [3.63, 3.8) is 0 Å². The molecule has 0 radical (unpaired) electrons. The van der Waals surface area contributed by atoms with Crippen LogP contribution in [0.3, 0.4) is 0 Å². The summed E-state index contributed by atoms with van der Waals surface area (Å²) in [7, 11) is 0. The number of hydrogen-bond acceptors (Lipinski definition) is 2. The number of aromatic nitrogens is 1. The first-order valence-electron chi connectivity index (χ1n) is 5.80. The van der Waals surface area contributed by atoms with Gasteiger partial charge >= 0.3 is 0 Å². The molecule has 0 atom stereocenters. The lowest BCUT2D eigenvalue weighted by Gasteiger charge is -2.11. The molecule has 0 saturated carbocycles. The lowest BCUT2D eigenvalue weighted by molar-refractivity contribution is 0.547. The second-order valence-corrected chi connectivity index (χ2v) is 5.35. The smallest absolute Gasteiger partial charge is 0.124 e. The molecule has 0 saturated heterocycles. The van der Waals surface area contributed by atoms with Gasteiger partial charge in [0.25, 0.3) is 0 Å². The van der Waals surface area contributed by atoms with E-state index in [1.807, 2.05) is 18.2 Å². The third-order valence-corrected chi connectivity index (χ3v) is 2.53. The van der Waals surface area contributed by atoms with Gasteiger partial charge in [0.1, 0.15) is 5.82 Å². The molecule has 88 valence electrons. The summed E-state index contributed by atoms with van der Waals surface area (Å²) >= 11 is 0. The van der Waals surface area contributed by atoms with Gasteiger partial charge in [0.05, 0.1) is 5.69 Å². The molecule has 1 heterocycles. The van der Waals surface area contributed by atoms with Gasteiger partial charge in [-0.05, 0) is 22.9 Å². The number of nitrogen functional groups attached to an aromatic ring is 1. The predicted octanol–water partition coefficient (Wildman–Crippen LogP) is 3.88. The van der Waals surface area contributed by atoms with Crippen LogP contribution in [0.25, 0.3) is 16.8 Å². The van der Waals surface area contributed by atoms with Crippen LogP contribution < -0.4 is 5.73 Å². The lowest BCUT2D eigenvalue weighted by atomic mass is 9.95. The van der Waals surface area contributed by atoms with Gasteiger partial charge in [0.2, 0.25) is 0 Å². The Morgan fingerprint density at radius 3 is 2.59 bits per heavy atom. The Labute approximate surface area is 102 Å². The van der Waals surface area contributed by atoms with E-state index < -0.39 is 0 Å². The van der Waals surface area contributed by atoms with Gasteiger partial charge in [-0.1, -0.05) is 51.1 Å². The summed E-state index contributed by atoms with van der Waals surface area (Å²) < 4.78 is 0. The third kappa shape index (κ3) is 2.84. The van der Waals surface area contributed by atoms with Gasteiger partial charge in [0, 0.05) is 5.39 Å². The SMILES string of the molecule is CC(C)(C)/C=C/c1nc(N)cc2ccccc12. The molecule has 1 aromatic carbocycles. The van der Waals surface area contributed by atoms with Crippen molar-refractivity contribution in [1.29, 1.82) is 0 Å². The number of pyridine rings is 1. The summed E-state index contributed by atoms with van der Waals surface area (Å²) in [5, 5.41) is 2.27. The van der Waals surface area contributed by atoms with E-state index in [4.69, 9.17) is 5.73 Å². The minimum atomic E-state index is 0.146. The maximum Gasteiger partial charge on any atom is 0.124 e. The summed E-state index contributed by atoms with van der Waals surface area (Å²) in [5.74, 6) is 0.567. The van der Waals surface area contributed by atoms with E-state index in [2.05, 4.69) is 50.0 Å². The first kappa shape index (κ1) is 11.6. The lowest BCUT2D eigenvalue weighted by Crippen LogP contribution is -1.99. The molecule has 0 aliphatic heterocycles. The van der Waals surface area contributed by atoms with Gasteiger partial charge < -0.3 is 5.73 Å². The van der Waals surface area contributed by atoms with Crippen LogP contribution in [-0.2, 0) is 0 Å². The Hall–Kier alpha value is -1.83. The molecule has 2 N–H and O–H groups in total. The van der Waals surface area contributed by atoms with Crippen LogP contribution >= 0.6 is 0 Å². The minimum Gasteiger partial charge on any atom is -0.384 e. The number of allylic oxidation sites excluding steroid dienone is 1. The maximum atomic E-state index is 5.82. The number of nitrogens with zero attached hydrogens (tertiary/aromatic N) is 1. The molecule has 2 nitrogen and oxygen atoms in total. The first-order valence-corrected chi connectivity index (χ1v) is 5.80. The minimum absolute atomic E-state index is 0.146. The number of fused-ring (bicyclic) bond motifs is 1. The first-order chi connectivity index (χ1) is 7.96. The Bertz CT molecular complexity index is 563. The van der Waals surface area contributed by atoms with Crippen molar-refractivity contribution in [2.75, 3.05) is 5.73 Å². The van der Waals surface area contributed by atoms with Crippen LogP contribution in [0.5, 0.6) is 0 Å². The van der Waals surface area contributed by atoms with E-state index in [1.165, 1.54) is 0 Å². The highest BCUT2D eigenvalue weighted by atomic mass is 14.8. The molecule has 0 aliphatic rings. The summed E-state index contributed by atoms with van der Waals surface area (Å²) in [5.41, 5.74) is 6.91. The number of hydrogen-bond donors (Lipinski definition) is 1. The third-order valence-electron chi connectivity index (χ3n) is 2.53. The van der Waals surface area contributed by atoms with Crippen molar-refractivity contribution in [1.82, 2.24) is 4.98 Å². The molecule has 2 heteroatoms. The van der Waals surface area contributed by atoms with Gasteiger partial charge in [-0.15, -0.1) is 0 Å². The Morgan fingerprint density at radius 2 is 1.88 bits per heavy atom. The zero-order valence-corrected chi connectivity index (χ0v) is 10.6.